The number of Topliss-reactive ketones (excluding diaryl/α,β-unsaturated/α-hetero) is 1. The molecule has 1 rings (SSSR count). The molecule has 0 bridgehead atoms. The third kappa shape index (κ3) is 3.84. The second-order valence-electron chi connectivity index (χ2n) is 3.85. The zero-order valence-electron chi connectivity index (χ0n) is 9.28. The van der Waals surface area contributed by atoms with Gasteiger partial charge in [-0.1, -0.05) is 43.7 Å². The maximum atomic E-state index is 11.9. The van der Waals surface area contributed by atoms with Crippen LogP contribution < -0.4 is 5.73 Å². The minimum atomic E-state index is 0.0372. The van der Waals surface area contributed by atoms with Crippen LogP contribution in [0.3, 0.4) is 0 Å². The maximum Gasteiger partial charge on any atom is 0.141 e. The van der Waals surface area contributed by atoms with E-state index < -0.39 is 0 Å². The first-order valence-electron chi connectivity index (χ1n) is 5.54. The number of nitrogens with two attached hydrogens (primary N) is 1. The van der Waals surface area contributed by atoms with E-state index in [0.717, 1.165) is 18.4 Å². The number of hydrogen-bond donors (Lipinski definition) is 1. The lowest BCUT2D eigenvalue weighted by molar-refractivity contribution is -0.122. The van der Waals surface area contributed by atoms with Crippen LogP contribution in [0.5, 0.6) is 0 Å². The van der Waals surface area contributed by atoms with Crippen LogP contribution in [0.4, 0.5) is 0 Å². The molecule has 1 atom stereocenters. The Bertz CT molecular complexity index is 295. The van der Waals surface area contributed by atoms with Crippen molar-refractivity contribution in [1.29, 1.82) is 0 Å². The minimum Gasteiger partial charge on any atom is -0.330 e. The molecule has 0 aliphatic rings. The Morgan fingerprint density at radius 2 is 2.00 bits per heavy atom. The van der Waals surface area contributed by atoms with Gasteiger partial charge < -0.3 is 5.73 Å². The molecule has 0 saturated carbocycles. The molecule has 0 aliphatic carbocycles. The van der Waals surface area contributed by atoms with Gasteiger partial charge in [-0.05, 0) is 12.0 Å². The summed E-state index contributed by atoms with van der Waals surface area (Å²) in [6.07, 6.45) is 2.44. The Kier molecular flexibility index (Phi) is 5.05. The van der Waals surface area contributed by atoms with Gasteiger partial charge in [-0.3, -0.25) is 4.79 Å². The van der Waals surface area contributed by atoms with E-state index in [9.17, 15) is 4.79 Å². The van der Waals surface area contributed by atoms with Gasteiger partial charge in [0, 0.05) is 18.9 Å². The molecule has 0 amide bonds. The molecule has 1 aromatic carbocycles. The second kappa shape index (κ2) is 6.36. The molecular weight excluding hydrogens is 186 g/mol. The first-order chi connectivity index (χ1) is 7.27. The molecule has 2 nitrogen and oxygen atoms in total. The van der Waals surface area contributed by atoms with Gasteiger partial charge in [0.2, 0.25) is 0 Å². The molecule has 2 heteroatoms. The molecule has 0 aromatic heterocycles. The molecule has 82 valence electrons. The Labute approximate surface area is 91.5 Å². The van der Waals surface area contributed by atoms with E-state index in [4.69, 9.17) is 5.73 Å². The highest BCUT2D eigenvalue weighted by Gasteiger charge is 2.15. The van der Waals surface area contributed by atoms with Crippen molar-refractivity contribution in [2.24, 2.45) is 11.7 Å². The fourth-order valence-corrected chi connectivity index (χ4v) is 1.70. The van der Waals surface area contributed by atoms with Crippen molar-refractivity contribution in [3.05, 3.63) is 35.9 Å². The molecule has 1 unspecified atom stereocenters. The van der Waals surface area contributed by atoms with Crippen molar-refractivity contribution in [2.75, 3.05) is 6.54 Å². The molecule has 0 radical (unpaired) electrons. The van der Waals surface area contributed by atoms with Crippen LogP contribution in [0.1, 0.15) is 25.3 Å². The SMILES string of the molecule is CCCC(CN)C(=O)Cc1ccccc1. The summed E-state index contributed by atoms with van der Waals surface area (Å²) in [5.74, 6) is 0.306. The first kappa shape index (κ1) is 11.9. The Morgan fingerprint density at radius 1 is 1.33 bits per heavy atom. The molecule has 2 N–H and O–H groups in total. The normalized spacial score (nSPS) is 12.4. The van der Waals surface area contributed by atoms with Gasteiger partial charge in [0.1, 0.15) is 5.78 Å². The fourth-order valence-electron chi connectivity index (χ4n) is 1.70. The fraction of sp³-hybridized carbons (Fsp3) is 0.462. The van der Waals surface area contributed by atoms with Crippen molar-refractivity contribution in [1.82, 2.24) is 0 Å². The second-order valence-corrected chi connectivity index (χ2v) is 3.85. The molecule has 0 spiro atoms. The summed E-state index contributed by atoms with van der Waals surface area (Å²) in [5, 5.41) is 0. The zero-order chi connectivity index (χ0) is 11.1. The topological polar surface area (TPSA) is 43.1 Å². The standard InChI is InChI=1S/C13H19NO/c1-2-6-12(10-14)13(15)9-11-7-4-3-5-8-11/h3-5,7-8,12H,2,6,9-10,14H2,1H3. The molecular formula is C13H19NO. The summed E-state index contributed by atoms with van der Waals surface area (Å²) >= 11 is 0. The zero-order valence-corrected chi connectivity index (χ0v) is 9.28. The minimum absolute atomic E-state index is 0.0372. The van der Waals surface area contributed by atoms with Crippen molar-refractivity contribution < 1.29 is 4.79 Å². The first-order valence-corrected chi connectivity index (χ1v) is 5.54. The number of carbonyl (C=O) groups is 1. The summed E-state index contributed by atoms with van der Waals surface area (Å²) in [4.78, 5) is 11.9. The van der Waals surface area contributed by atoms with Gasteiger partial charge in [-0.25, -0.2) is 0 Å². The van der Waals surface area contributed by atoms with Crippen LogP contribution in [0.25, 0.3) is 0 Å². The lowest BCUT2D eigenvalue weighted by atomic mass is 9.94. The predicted octanol–water partition coefficient (Wildman–Crippen LogP) is 2.17. The third-order valence-electron chi connectivity index (χ3n) is 2.60. The van der Waals surface area contributed by atoms with Gasteiger partial charge in [-0.2, -0.15) is 0 Å². The van der Waals surface area contributed by atoms with Crippen LogP contribution in [-0.2, 0) is 11.2 Å². The van der Waals surface area contributed by atoms with Crippen LogP contribution in [-0.4, -0.2) is 12.3 Å². The van der Waals surface area contributed by atoms with E-state index in [1.54, 1.807) is 0 Å². The summed E-state index contributed by atoms with van der Waals surface area (Å²) < 4.78 is 0. The number of ketones is 1. The Balaban J connectivity index is 2.54. The van der Waals surface area contributed by atoms with Gasteiger partial charge in [0.25, 0.3) is 0 Å². The van der Waals surface area contributed by atoms with E-state index in [1.807, 2.05) is 30.3 Å². The largest absolute Gasteiger partial charge is 0.330 e. The summed E-state index contributed by atoms with van der Waals surface area (Å²) in [6, 6.07) is 9.84. The Morgan fingerprint density at radius 3 is 2.53 bits per heavy atom. The molecule has 0 aliphatic heterocycles. The molecule has 0 heterocycles. The van der Waals surface area contributed by atoms with Crippen LogP contribution in [0.15, 0.2) is 30.3 Å². The van der Waals surface area contributed by atoms with Gasteiger partial charge >= 0.3 is 0 Å². The van der Waals surface area contributed by atoms with E-state index in [-0.39, 0.29) is 11.7 Å². The lowest BCUT2D eigenvalue weighted by Crippen LogP contribution is -2.25. The van der Waals surface area contributed by atoms with Crippen molar-refractivity contribution in [3.63, 3.8) is 0 Å². The van der Waals surface area contributed by atoms with Crippen molar-refractivity contribution in [2.45, 2.75) is 26.2 Å². The monoisotopic (exact) mass is 205 g/mol. The number of benzene rings is 1. The molecule has 15 heavy (non-hydrogen) atoms. The van der Waals surface area contributed by atoms with Crippen molar-refractivity contribution in [3.8, 4) is 0 Å². The smallest absolute Gasteiger partial charge is 0.141 e. The average Bonchev–Trinajstić information content (AvgIpc) is 2.27. The van der Waals surface area contributed by atoms with E-state index >= 15 is 0 Å². The number of carbonyl (C=O) groups excluding carboxylic acids is 1. The van der Waals surface area contributed by atoms with Crippen molar-refractivity contribution >= 4 is 5.78 Å². The third-order valence-corrected chi connectivity index (χ3v) is 2.60. The van der Waals surface area contributed by atoms with Crippen LogP contribution in [0, 0.1) is 5.92 Å². The number of hydrogen-bond acceptors (Lipinski definition) is 2. The predicted molar refractivity (Wildman–Crippen MR) is 62.6 cm³/mol. The maximum absolute atomic E-state index is 11.9. The summed E-state index contributed by atoms with van der Waals surface area (Å²) in [6.45, 7) is 2.55. The van der Waals surface area contributed by atoms with Gasteiger partial charge in [0.05, 0.1) is 0 Å². The van der Waals surface area contributed by atoms with Gasteiger partial charge in [0.15, 0.2) is 0 Å². The summed E-state index contributed by atoms with van der Waals surface area (Å²) in [7, 11) is 0. The van der Waals surface area contributed by atoms with Gasteiger partial charge in [-0.15, -0.1) is 0 Å². The molecule has 0 saturated heterocycles. The number of rotatable bonds is 6. The Hall–Kier alpha value is -1.15. The van der Waals surface area contributed by atoms with E-state index in [1.165, 1.54) is 0 Å². The van der Waals surface area contributed by atoms with Crippen LogP contribution >= 0.6 is 0 Å². The highest BCUT2D eigenvalue weighted by Crippen LogP contribution is 2.10. The quantitative estimate of drug-likeness (QED) is 0.773. The molecule has 0 fully saturated rings. The summed E-state index contributed by atoms with van der Waals surface area (Å²) in [5.41, 5.74) is 6.67. The highest BCUT2D eigenvalue weighted by molar-refractivity contribution is 5.83. The highest BCUT2D eigenvalue weighted by atomic mass is 16.1. The lowest BCUT2D eigenvalue weighted by Gasteiger charge is -2.12. The van der Waals surface area contributed by atoms with Crippen LogP contribution in [0.2, 0.25) is 0 Å². The van der Waals surface area contributed by atoms with E-state index in [2.05, 4.69) is 6.92 Å². The molecule has 1 aromatic rings. The van der Waals surface area contributed by atoms with E-state index in [0.29, 0.717) is 13.0 Å². The average molecular weight is 205 g/mol.